The number of carboxylic acids is 1. The Morgan fingerprint density at radius 2 is 1.88 bits per heavy atom. The number of alkyl halides is 1. The summed E-state index contributed by atoms with van der Waals surface area (Å²) in [6, 6.07) is 0. The summed E-state index contributed by atoms with van der Waals surface area (Å²) < 4.78 is 19.9. The Balaban J connectivity index is 2.33. The maximum Gasteiger partial charge on any atom is 0.344 e. The predicted molar refractivity (Wildman–Crippen MR) is 56.2 cm³/mol. The summed E-state index contributed by atoms with van der Waals surface area (Å²) in [7, 11) is 0. The van der Waals surface area contributed by atoms with Crippen LogP contribution in [0.3, 0.4) is 0 Å². The number of rotatable bonds is 1. The highest BCUT2D eigenvalue weighted by Gasteiger charge is 2.64. The third-order valence-electron chi connectivity index (χ3n) is 3.98. The van der Waals surface area contributed by atoms with E-state index in [0.717, 1.165) is 0 Å². The van der Waals surface area contributed by atoms with Gasteiger partial charge in [-0.05, 0) is 12.8 Å². The summed E-state index contributed by atoms with van der Waals surface area (Å²) in [5.41, 5.74) is -3.33. The van der Waals surface area contributed by atoms with E-state index in [-0.39, 0.29) is 19.0 Å². The van der Waals surface area contributed by atoms with Gasteiger partial charge >= 0.3 is 5.97 Å². The number of carbonyl (C=O) groups excluding carboxylic acids is 1. The molecule has 17 heavy (non-hydrogen) atoms. The van der Waals surface area contributed by atoms with Crippen LogP contribution in [0.1, 0.15) is 19.8 Å². The lowest BCUT2D eigenvalue weighted by Gasteiger charge is -2.39. The molecule has 1 atom stereocenters. The van der Waals surface area contributed by atoms with Crippen molar-refractivity contribution in [2.75, 3.05) is 26.3 Å². The zero-order chi connectivity index (χ0) is 12.7. The van der Waals surface area contributed by atoms with Gasteiger partial charge in [0.15, 0.2) is 0 Å². The predicted octanol–water partition coefficient (Wildman–Crippen LogP) is 0.438. The average Bonchev–Trinajstić information content (AvgIpc) is 2.55. The van der Waals surface area contributed by atoms with E-state index in [4.69, 9.17) is 9.84 Å². The summed E-state index contributed by atoms with van der Waals surface area (Å²) in [4.78, 5) is 23.8. The molecule has 2 fully saturated rings. The van der Waals surface area contributed by atoms with Crippen LogP contribution in [0.25, 0.3) is 0 Å². The van der Waals surface area contributed by atoms with Crippen LogP contribution in [0.15, 0.2) is 0 Å². The van der Waals surface area contributed by atoms with Gasteiger partial charge in [0.05, 0.1) is 6.54 Å². The Kier molecular flexibility index (Phi) is 2.85. The summed E-state index contributed by atoms with van der Waals surface area (Å²) in [5.74, 6) is -1.75. The zero-order valence-electron chi connectivity index (χ0n) is 9.74. The van der Waals surface area contributed by atoms with Crippen molar-refractivity contribution in [3.8, 4) is 0 Å². The second-order valence-corrected chi connectivity index (χ2v) is 4.87. The molecule has 0 aromatic heterocycles. The van der Waals surface area contributed by atoms with E-state index in [2.05, 4.69) is 0 Å². The monoisotopic (exact) mass is 245 g/mol. The molecule has 0 radical (unpaired) electrons. The Morgan fingerprint density at radius 3 is 2.35 bits per heavy atom. The second-order valence-electron chi connectivity index (χ2n) is 4.87. The topological polar surface area (TPSA) is 66.8 Å². The van der Waals surface area contributed by atoms with Crippen molar-refractivity contribution in [2.45, 2.75) is 25.4 Å². The summed E-state index contributed by atoms with van der Waals surface area (Å²) in [6.07, 6.45) is 0.694. The van der Waals surface area contributed by atoms with E-state index in [9.17, 15) is 14.0 Å². The maximum atomic E-state index is 14.7. The molecule has 5 nitrogen and oxygen atoms in total. The van der Waals surface area contributed by atoms with Crippen LogP contribution in [0.5, 0.6) is 0 Å². The molecule has 1 unspecified atom stereocenters. The molecule has 2 rings (SSSR count). The SMILES string of the molecule is CC(=O)N1CC2(CCOCC2)C(F)(C(=O)O)C1. The van der Waals surface area contributed by atoms with E-state index in [1.165, 1.54) is 11.8 Å². The van der Waals surface area contributed by atoms with Gasteiger partial charge in [0.2, 0.25) is 11.6 Å². The normalized spacial score (nSPS) is 31.8. The molecule has 2 aliphatic heterocycles. The minimum Gasteiger partial charge on any atom is -0.479 e. The first-order valence-corrected chi connectivity index (χ1v) is 5.67. The lowest BCUT2D eigenvalue weighted by atomic mass is 9.70. The molecule has 2 saturated heterocycles. The van der Waals surface area contributed by atoms with E-state index < -0.39 is 17.1 Å². The van der Waals surface area contributed by atoms with Gasteiger partial charge in [-0.3, -0.25) is 4.79 Å². The fraction of sp³-hybridized carbons (Fsp3) is 0.818. The first-order valence-electron chi connectivity index (χ1n) is 5.67. The van der Waals surface area contributed by atoms with Gasteiger partial charge in [-0.2, -0.15) is 0 Å². The van der Waals surface area contributed by atoms with Crippen molar-refractivity contribution in [2.24, 2.45) is 5.41 Å². The number of nitrogens with zero attached hydrogens (tertiary/aromatic N) is 1. The lowest BCUT2D eigenvalue weighted by molar-refractivity contribution is -0.162. The number of likely N-dealkylation sites (tertiary alicyclic amines) is 1. The molecular weight excluding hydrogens is 229 g/mol. The van der Waals surface area contributed by atoms with Crippen molar-refractivity contribution in [3.63, 3.8) is 0 Å². The Bertz CT molecular complexity index is 353. The summed E-state index contributed by atoms with van der Waals surface area (Å²) >= 11 is 0. The highest BCUT2D eigenvalue weighted by Crippen LogP contribution is 2.49. The van der Waals surface area contributed by atoms with Crippen molar-refractivity contribution in [1.29, 1.82) is 0 Å². The third-order valence-corrected chi connectivity index (χ3v) is 3.98. The van der Waals surface area contributed by atoms with Crippen LogP contribution in [0.4, 0.5) is 4.39 Å². The molecular formula is C11H16FNO4. The third kappa shape index (κ3) is 1.71. The average molecular weight is 245 g/mol. The fourth-order valence-electron chi connectivity index (χ4n) is 2.81. The number of ether oxygens (including phenoxy) is 1. The highest BCUT2D eigenvalue weighted by atomic mass is 19.1. The van der Waals surface area contributed by atoms with Gasteiger partial charge in [0.1, 0.15) is 0 Å². The van der Waals surface area contributed by atoms with Gasteiger partial charge in [-0.25, -0.2) is 9.18 Å². The number of hydrogen-bond acceptors (Lipinski definition) is 3. The van der Waals surface area contributed by atoms with E-state index in [0.29, 0.717) is 26.1 Å². The van der Waals surface area contributed by atoms with Gasteiger partial charge in [-0.15, -0.1) is 0 Å². The minimum absolute atomic E-state index is 0.175. The quantitative estimate of drug-likeness (QED) is 0.728. The van der Waals surface area contributed by atoms with E-state index in [1.54, 1.807) is 0 Å². The van der Waals surface area contributed by atoms with Crippen molar-refractivity contribution in [3.05, 3.63) is 0 Å². The second kappa shape index (κ2) is 3.94. The molecule has 2 heterocycles. The number of aliphatic carboxylic acids is 1. The molecule has 0 aromatic carbocycles. The largest absolute Gasteiger partial charge is 0.479 e. The van der Waals surface area contributed by atoms with Gasteiger partial charge in [0, 0.05) is 32.1 Å². The lowest BCUT2D eigenvalue weighted by Crippen LogP contribution is -2.52. The first-order chi connectivity index (χ1) is 7.91. The molecule has 1 amide bonds. The maximum absolute atomic E-state index is 14.7. The number of halogens is 1. The van der Waals surface area contributed by atoms with Crippen molar-refractivity contribution >= 4 is 11.9 Å². The number of hydrogen-bond donors (Lipinski definition) is 1. The minimum atomic E-state index is -2.34. The molecule has 6 heteroatoms. The van der Waals surface area contributed by atoms with Crippen LogP contribution < -0.4 is 0 Å². The molecule has 0 saturated carbocycles. The van der Waals surface area contributed by atoms with E-state index >= 15 is 0 Å². The number of carbonyl (C=O) groups is 2. The van der Waals surface area contributed by atoms with Crippen LogP contribution >= 0.6 is 0 Å². The molecule has 2 aliphatic rings. The van der Waals surface area contributed by atoms with Gasteiger partial charge in [0.25, 0.3) is 0 Å². The Morgan fingerprint density at radius 1 is 1.29 bits per heavy atom. The summed E-state index contributed by atoms with van der Waals surface area (Å²) in [5, 5.41) is 9.14. The van der Waals surface area contributed by atoms with Crippen LogP contribution in [-0.2, 0) is 14.3 Å². The molecule has 96 valence electrons. The van der Waals surface area contributed by atoms with Crippen molar-refractivity contribution < 1.29 is 23.8 Å². The smallest absolute Gasteiger partial charge is 0.344 e. The van der Waals surface area contributed by atoms with Crippen LogP contribution in [0, 0.1) is 5.41 Å². The Labute approximate surface area is 98.5 Å². The first kappa shape index (κ1) is 12.3. The van der Waals surface area contributed by atoms with Gasteiger partial charge in [-0.1, -0.05) is 0 Å². The Hall–Kier alpha value is -1.17. The standard InChI is InChI=1S/C11H16FNO4/c1-8(14)13-6-10(2-4-17-5-3-10)11(12,7-13)9(15)16/h2-7H2,1H3,(H,15,16). The molecule has 0 aromatic rings. The number of amides is 1. The number of carboxylic acid groups (broad SMARTS) is 1. The molecule has 0 aliphatic carbocycles. The van der Waals surface area contributed by atoms with Gasteiger partial charge < -0.3 is 14.7 Å². The molecule has 1 N–H and O–H groups in total. The fourth-order valence-corrected chi connectivity index (χ4v) is 2.81. The van der Waals surface area contributed by atoms with E-state index in [1.807, 2.05) is 0 Å². The van der Waals surface area contributed by atoms with Crippen LogP contribution in [-0.4, -0.2) is 53.9 Å². The van der Waals surface area contributed by atoms with Crippen LogP contribution in [0.2, 0.25) is 0 Å². The molecule has 1 spiro atoms. The zero-order valence-corrected chi connectivity index (χ0v) is 9.74. The van der Waals surface area contributed by atoms with Crippen molar-refractivity contribution in [1.82, 2.24) is 4.90 Å². The molecule has 0 bridgehead atoms. The highest BCUT2D eigenvalue weighted by molar-refractivity contribution is 5.82. The summed E-state index contributed by atoms with van der Waals surface area (Å²) in [6.45, 7) is 1.86.